The number of carbonyl (C=O) groups excluding carboxylic acids is 2. The third-order valence-corrected chi connectivity index (χ3v) is 6.34. The number of amides is 1. The van der Waals surface area contributed by atoms with Gasteiger partial charge in [-0.15, -0.1) is 0 Å². The van der Waals surface area contributed by atoms with Gasteiger partial charge in [0.1, 0.15) is 17.4 Å². The summed E-state index contributed by atoms with van der Waals surface area (Å²) in [5, 5.41) is 0. The second kappa shape index (κ2) is 9.60. The number of furan rings is 1. The van der Waals surface area contributed by atoms with Crippen LogP contribution in [0.5, 0.6) is 5.75 Å². The van der Waals surface area contributed by atoms with E-state index in [1.165, 1.54) is 20.3 Å². The zero-order chi connectivity index (χ0) is 22.7. The van der Waals surface area contributed by atoms with Crippen LogP contribution in [0.2, 0.25) is 0 Å². The Morgan fingerprint density at radius 3 is 2.72 bits per heavy atom. The molecule has 2 aliphatic rings. The minimum absolute atomic E-state index is 0.193. The third kappa shape index (κ3) is 4.29. The predicted octanol–water partition coefficient (Wildman–Crippen LogP) is 1.68. The second-order valence-electron chi connectivity index (χ2n) is 8.22. The number of nitrogens with zero attached hydrogens (tertiary/aromatic N) is 3. The highest BCUT2D eigenvalue weighted by molar-refractivity contribution is 6.00. The molecule has 0 N–H and O–H groups in total. The fourth-order valence-electron chi connectivity index (χ4n) is 4.68. The van der Waals surface area contributed by atoms with Crippen molar-refractivity contribution in [3.8, 4) is 5.75 Å². The van der Waals surface area contributed by atoms with E-state index in [4.69, 9.17) is 13.9 Å². The van der Waals surface area contributed by atoms with Crippen LogP contribution >= 0.6 is 0 Å². The molecule has 32 heavy (non-hydrogen) atoms. The van der Waals surface area contributed by atoms with Crippen LogP contribution in [0.1, 0.15) is 40.9 Å². The standard InChI is InChI=1S/C23H29N3O6/c1-30-19-13-20(27)25-11-10-24(14-16-7-12-32-15-16)9-6-17(25)21(19)22(28)26-8-4-3-5-18(26)23(29)31-2/h7,12-13,15,18H,3-6,8-11,14H2,1-2H3. The highest BCUT2D eigenvalue weighted by Crippen LogP contribution is 2.28. The molecule has 2 aromatic rings. The van der Waals surface area contributed by atoms with Crippen molar-refractivity contribution in [1.29, 1.82) is 0 Å². The summed E-state index contributed by atoms with van der Waals surface area (Å²) in [4.78, 5) is 42.7. The van der Waals surface area contributed by atoms with E-state index in [9.17, 15) is 14.4 Å². The number of fused-ring (bicyclic) bond motifs is 1. The fourth-order valence-corrected chi connectivity index (χ4v) is 4.68. The van der Waals surface area contributed by atoms with E-state index in [2.05, 4.69) is 4.90 Å². The van der Waals surface area contributed by atoms with Crippen molar-refractivity contribution < 1.29 is 23.5 Å². The van der Waals surface area contributed by atoms with Crippen LogP contribution in [-0.2, 0) is 29.0 Å². The summed E-state index contributed by atoms with van der Waals surface area (Å²) in [7, 11) is 2.79. The molecule has 0 radical (unpaired) electrons. The molecule has 9 nitrogen and oxygen atoms in total. The number of pyridine rings is 1. The molecule has 4 heterocycles. The molecule has 0 bridgehead atoms. The molecule has 0 spiro atoms. The Morgan fingerprint density at radius 2 is 2.00 bits per heavy atom. The lowest BCUT2D eigenvalue weighted by Gasteiger charge is -2.34. The number of rotatable bonds is 5. The SMILES string of the molecule is COC(=O)C1CCCCN1C(=O)c1c(OC)cc(=O)n2c1CCN(Cc1ccoc1)CC2. The zero-order valence-electron chi connectivity index (χ0n) is 18.5. The van der Waals surface area contributed by atoms with Crippen LogP contribution in [0, 0.1) is 0 Å². The summed E-state index contributed by atoms with van der Waals surface area (Å²) in [5.41, 5.74) is 1.89. The molecule has 2 aromatic heterocycles. The van der Waals surface area contributed by atoms with Crippen molar-refractivity contribution in [2.75, 3.05) is 33.9 Å². The monoisotopic (exact) mass is 443 g/mol. The van der Waals surface area contributed by atoms with Gasteiger partial charge in [0, 0.05) is 56.5 Å². The van der Waals surface area contributed by atoms with E-state index in [0.717, 1.165) is 18.4 Å². The first-order valence-corrected chi connectivity index (χ1v) is 11.0. The topological polar surface area (TPSA) is 94.2 Å². The number of hydrogen-bond donors (Lipinski definition) is 0. The minimum atomic E-state index is -0.623. The van der Waals surface area contributed by atoms with Gasteiger partial charge in [-0.1, -0.05) is 0 Å². The molecule has 172 valence electrons. The lowest BCUT2D eigenvalue weighted by Crippen LogP contribution is -2.49. The van der Waals surface area contributed by atoms with Gasteiger partial charge in [0.05, 0.1) is 26.7 Å². The lowest BCUT2D eigenvalue weighted by molar-refractivity contribution is -0.147. The molecule has 2 aliphatic heterocycles. The maximum atomic E-state index is 13.7. The van der Waals surface area contributed by atoms with E-state index in [-0.39, 0.29) is 17.2 Å². The smallest absolute Gasteiger partial charge is 0.328 e. The highest BCUT2D eigenvalue weighted by Gasteiger charge is 2.36. The summed E-state index contributed by atoms with van der Waals surface area (Å²) in [6.45, 7) is 2.99. The molecule has 1 saturated heterocycles. The molecule has 1 amide bonds. The number of piperidine rings is 1. The average Bonchev–Trinajstić information content (AvgIpc) is 3.24. The van der Waals surface area contributed by atoms with Gasteiger partial charge >= 0.3 is 5.97 Å². The number of ether oxygens (including phenoxy) is 2. The van der Waals surface area contributed by atoms with Gasteiger partial charge in [0.25, 0.3) is 11.5 Å². The average molecular weight is 444 g/mol. The van der Waals surface area contributed by atoms with E-state index >= 15 is 0 Å². The fraction of sp³-hybridized carbons (Fsp3) is 0.522. The normalized spacial score (nSPS) is 19.2. The van der Waals surface area contributed by atoms with Crippen molar-refractivity contribution in [2.24, 2.45) is 0 Å². The van der Waals surface area contributed by atoms with Crippen molar-refractivity contribution in [1.82, 2.24) is 14.4 Å². The van der Waals surface area contributed by atoms with Crippen LogP contribution in [0.3, 0.4) is 0 Å². The molecule has 1 atom stereocenters. The second-order valence-corrected chi connectivity index (χ2v) is 8.22. The number of aromatic nitrogens is 1. The number of methoxy groups -OCH3 is 2. The summed E-state index contributed by atoms with van der Waals surface area (Å²) < 4.78 is 17.3. The van der Waals surface area contributed by atoms with Crippen LogP contribution < -0.4 is 10.3 Å². The summed E-state index contributed by atoms with van der Waals surface area (Å²) in [5.74, 6) is -0.449. The molecule has 0 aromatic carbocycles. The van der Waals surface area contributed by atoms with Gasteiger partial charge < -0.3 is 23.4 Å². The summed E-state index contributed by atoms with van der Waals surface area (Å²) >= 11 is 0. The van der Waals surface area contributed by atoms with E-state index in [1.54, 1.807) is 22.0 Å². The van der Waals surface area contributed by atoms with E-state index < -0.39 is 12.0 Å². The lowest BCUT2D eigenvalue weighted by atomic mass is 9.99. The van der Waals surface area contributed by atoms with E-state index in [0.29, 0.717) is 56.8 Å². The molecule has 1 unspecified atom stereocenters. The number of esters is 1. The van der Waals surface area contributed by atoms with Crippen molar-refractivity contribution in [2.45, 2.75) is 44.8 Å². The van der Waals surface area contributed by atoms with Crippen LogP contribution in [-0.4, -0.2) is 66.1 Å². The largest absolute Gasteiger partial charge is 0.496 e. The Hall–Kier alpha value is -3.07. The first-order chi connectivity index (χ1) is 15.5. The Balaban J connectivity index is 1.68. The summed E-state index contributed by atoms with van der Waals surface area (Å²) in [6.07, 6.45) is 6.11. The van der Waals surface area contributed by atoms with Gasteiger partial charge in [-0.25, -0.2) is 4.79 Å². The quantitative estimate of drug-likeness (QED) is 0.649. The molecular formula is C23H29N3O6. The van der Waals surface area contributed by atoms with Gasteiger partial charge in [-0.2, -0.15) is 0 Å². The Kier molecular flexibility index (Phi) is 6.64. The Bertz CT molecular complexity index is 1030. The molecular weight excluding hydrogens is 414 g/mol. The predicted molar refractivity (Wildman–Crippen MR) is 116 cm³/mol. The van der Waals surface area contributed by atoms with Gasteiger partial charge in [-0.05, 0) is 25.3 Å². The molecule has 4 rings (SSSR count). The molecule has 9 heteroatoms. The van der Waals surface area contributed by atoms with Crippen LogP contribution in [0.25, 0.3) is 0 Å². The van der Waals surface area contributed by atoms with Gasteiger partial charge in [0.2, 0.25) is 0 Å². The number of carbonyl (C=O) groups is 2. The minimum Gasteiger partial charge on any atom is -0.496 e. The third-order valence-electron chi connectivity index (χ3n) is 6.34. The first kappa shape index (κ1) is 22.1. The molecule has 0 saturated carbocycles. The molecule has 0 aliphatic carbocycles. The highest BCUT2D eigenvalue weighted by atomic mass is 16.5. The van der Waals surface area contributed by atoms with Crippen LogP contribution in [0.4, 0.5) is 0 Å². The van der Waals surface area contributed by atoms with E-state index in [1.807, 2.05) is 6.07 Å². The van der Waals surface area contributed by atoms with Gasteiger partial charge in [-0.3, -0.25) is 14.5 Å². The van der Waals surface area contributed by atoms with Crippen LogP contribution in [0.15, 0.2) is 33.9 Å². The van der Waals surface area contributed by atoms with Crippen molar-refractivity contribution in [3.05, 3.63) is 51.8 Å². The van der Waals surface area contributed by atoms with Crippen molar-refractivity contribution in [3.63, 3.8) is 0 Å². The first-order valence-electron chi connectivity index (χ1n) is 11.0. The number of likely N-dealkylation sites (tertiary alicyclic amines) is 1. The van der Waals surface area contributed by atoms with Crippen molar-refractivity contribution >= 4 is 11.9 Å². The zero-order valence-corrected chi connectivity index (χ0v) is 18.5. The maximum absolute atomic E-state index is 13.7. The molecule has 1 fully saturated rings. The number of hydrogen-bond acceptors (Lipinski definition) is 7. The Morgan fingerprint density at radius 1 is 1.16 bits per heavy atom. The van der Waals surface area contributed by atoms with Gasteiger partial charge in [0.15, 0.2) is 0 Å². The Labute approximate surface area is 186 Å². The maximum Gasteiger partial charge on any atom is 0.328 e. The summed E-state index contributed by atoms with van der Waals surface area (Å²) in [6, 6.07) is 2.67.